The van der Waals surface area contributed by atoms with Gasteiger partial charge in [-0.05, 0) is 24.3 Å². The zero-order valence-corrected chi connectivity index (χ0v) is 17.5. The molecule has 0 aliphatic rings. The number of guanidine groups is 1. The third-order valence-corrected chi connectivity index (χ3v) is 4.60. The molecule has 3 rings (SSSR count). The van der Waals surface area contributed by atoms with Crippen molar-refractivity contribution in [2.45, 2.75) is 13.5 Å². The van der Waals surface area contributed by atoms with Gasteiger partial charge in [0.1, 0.15) is 18.1 Å². The van der Waals surface area contributed by atoms with Crippen molar-refractivity contribution in [3.63, 3.8) is 0 Å². The van der Waals surface area contributed by atoms with E-state index >= 15 is 0 Å². The molecule has 4 N–H and O–H groups in total. The molecule has 0 aliphatic carbocycles. The third kappa shape index (κ3) is 5.98. The first-order chi connectivity index (χ1) is 14.5. The second-order valence-electron chi connectivity index (χ2n) is 6.11. The minimum atomic E-state index is -0.116. The van der Waals surface area contributed by atoms with E-state index in [1.165, 1.54) is 18.3 Å². The van der Waals surface area contributed by atoms with Gasteiger partial charge in [0.2, 0.25) is 11.0 Å². The van der Waals surface area contributed by atoms with Gasteiger partial charge < -0.3 is 30.3 Å². The number of para-hydroxylation sites is 2. The zero-order chi connectivity index (χ0) is 21.3. The van der Waals surface area contributed by atoms with Crippen LogP contribution >= 0.6 is 11.3 Å². The first-order valence-electron chi connectivity index (χ1n) is 9.18. The number of furan rings is 1. The molecule has 2 aromatic heterocycles. The number of hydrogen-bond acceptors (Lipinski definition) is 7. The van der Waals surface area contributed by atoms with E-state index in [1.807, 2.05) is 29.6 Å². The molecule has 0 saturated carbocycles. The van der Waals surface area contributed by atoms with Crippen LogP contribution in [0.1, 0.15) is 12.7 Å². The van der Waals surface area contributed by atoms with Gasteiger partial charge >= 0.3 is 0 Å². The van der Waals surface area contributed by atoms with Crippen LogP contribution in [0, 0.1) is 0 Å². The van der Waals surface area contributed by atoms with Crippen LogP contribution in [-0.4, -0.2) is 37.1 Å². The molecule has 0 unspecified atom stereocenters. The lowest BCUT2D eigenvalue weighted by atomic mass is 10.3. The van der Waals surface area contributed by atoms with Crippen molar-refractivity contribution in [2.75, 3.05) is 20.3 Å². The average molecular weight is 430 g/mol. The Kier molecular flexibility index (Phi) is 7.28. The highest BCUT2D eigenvalue weighted by molar-refractivity contribution is 7.13. The van der Waals surface area contributed by atoms with Crippen molar-refractivity contribution in [3.05, 3.63) is 47.5 Å². The Morgan fingerprint density at radius 1 is 1.23 bits per heavy atom. The summed E-state index contributed by atoms with van der Waals surface area (Å²) in [5.74, 6) is 2.71. The molecular weight excluding hydrogens is 406 g/mol. The number of amides is 1. The Labute approximate surface area is 177 Å². The number of nitrogens with two attached hydrogens (primary N) is 1. The predicted molar refractivity (Wildman–Crippen MR) is 115 cm³/mol. The highest BCUT2D eigenvalue weighted by atomic mass is 32.1. The van der Waals surface area contributed by atoms with Crippen molar-refractivity contribution in [3.8, 4) is 23.0 Å². The number of thiazole rings is 1. The van der Waals surface area contributed by atoms with Crippen LogP contribution in [0.3, 0.4) is 0 Å². The van der Waals surface area contributed by atoms with Crippen molar-refractivity contribution in [2.24, 2.45) is 10.7 Å². The van der Waals surface area contributed by atoms with Gasteiger partial charge in [0.15, 0.2) is 23.2 Å². The largest absolute Gasteiger partial charge is 0.493 e. The summed E-state index contributed by atoms with van der Waals surface area (Å²) in [5.41, 5.74) is 6.58. The highest BCUT2D eigenvalue weighted by Gasteiger charge is 2.10. The zero-order valence-electron chi connectivity index (χ0n) is 16.7. The van der Waals surface area contributed by atoms with E-state index in [9.17, 15) is 4.79 Å². The van der Waals surface area contributed by atoms with Gasteiger partial charge in [-0.2, -0.15) is 4.99 Å². The summed E-state index contributed by atoms with van der Waals surface area (Å²) in [4.78, 5) is 19.7. The number of ether oxygens (including phenoxy) is 2. The Balaban J connectivity index is 1.50. The Bertz CT molecular complexity index is 1010. The molecule has 0 bridgehead atoms. The van der Waals surface area contributed by atoms with Crippen LogP contribution in [-0.2, 0) is 11.3 Å². The van der Waals surface area contributed by atoms with Gasteiger partial charge in [-0.3, -0.25) is 4.79 Å². The lowest BCUT2D eigenvalue weighted by Crippen LogP contribution is -2.34. The molecule has 2 heterocycles. The molecule has 0 fully saturated rings. The summed E-state index contributed by atoms with van der Waals surface area (Å²) in [5, 5.41) is 8.00. The Morgan fingerprint density at radius 3 is 2.80 bits per heavy atom. The normalized spacial score (nSPS) is 11.2. The average Bonchev–Trinajstić information content (AvgIpc) is 3.39. The number of carbonyl (C=O) groups is 1. The summed E-state index contributed by atoms with van der Waals surface area (Å²) in [6.45, 7) is 2.65. The third-order valence-electron chi connectivity index (χ3n) is 3.87. The molecule has 0 saturated heterocycles. The minimum absolute atomic E-state index is 0.116. The van der Waals surface area contributed by atoms with E-state index in [2.05, 4.69) is 20.6 Å². The lowest BCUT2D eigenvalue weighted by Gasteiger charge is -2.10. The molecule has 30 heavy (non-hydrogen) atoms. The fourth-order valence-corrected chi connectivity index (χ4v) is 3.16. The van der Waals surface area contributed by atoms with Crippen LogP contribution in [0.4, 0.5) is 5.13 Å². The van der Waals surface area contributed by atoms with E-state index in [0.29, 0.717) is 53.5 Å². The van der Waals surface area contributed by atoms with Crippen molar-refractivity contribution >= 4 is 28.3 Å². The van der Waals surface area contributed by atoms with E-state index in [4.69, 9.17) is 19.6 Å². The van der Waals surface area contributed by atoms with Crippen LogP contribution in [0.5, 0.6) is 11.5 Å². The smallest absolute Gasteiger partial charge is 0.217 e. The second kappa shape index (κ2) is 10.3. The van der Waals surface area contributed by atoms with Gasteiger partial charge in [0, 0.05) is 12.3 Å². The summed E-state index contributed by atoms with van der Waals surface area (Å²) in [7, 11) is 1.60. The van der Waals surface area contributed by atoms with Crippen molar-refractivity contribution in [1.82, 2.24) is 15.6 Å². The van der Waals surface area contributed by atoms with Crippen LogP contribution in [0.2, 0.25) is 0 Å². The molecule has 3 aromatic rings. The maximum Gasteiger partial charge on any atom is 0.217 e. The van der Waals surface area contributed by atoms with Gasteiger partial charge in [-0.15, -0.1) is 11.3 Å². The monoisotopic (exact) mass is 429 g/mol. The SMILES string of the molecule is COc1ccccc1OCCNC(N)=Nc1nc(-c2ccc(CNC(C)=O)o2)cs1. The van der Waals surface area contributed by atoms with Crippen molar-refractivity contribution < 1.29 is 18.7 Å². The molecule has 0 aliphatic heterocycles. The summed E-state index contributed by atoms with van der Waals surface area (Å²) < 4.78 is 16.6. The number of benzene rings is 1. The summed E-state index contributed by atoms with van der Waals surface area (Å²) in [6, 6.07) is 11.0. The van der Waals surface area contributed by atoms with Gasteiger partial charge in [-0.1, -0.05) is 12.1 Å². The first kappa shape index (κ1) is 21.2. The van der Waals surface area contributed by atoms with Crippen LogP contribution in [0.25, 0.3) is 11.5 Å². The molecule has 1 amide bonds. The summed E-state index contributed by atoms with van der Waals surface area (Å²) >= 11 is 1.35. The number of nitrogens with zero attached hydrogens (tertiary/aromatic N) is 2. The fourth-order valence-electron chi connectivity index (χ4n) is 2.47. The molecule has 0 spiro atoms. The number of aromatic nitrogens is 1. The summed E-state index contributed by atoms with van der Waals surface area (Å²) in [6.07, 6.45) is 0. The number of nitrogens with one attached hydrogen (secondary N) is 2. The van der Waals surface area contributed by atoms with Gasteiger partial charge in [-0.25, -0.2) is 4.98 Å². The fraction of sp³-hybridized carbons (Fsp3) is 0.250. The van der Waals surface area contributed by atoms with E-state index in [1.54, 1.807) is 19.2 Å². The lowest BCUT2D eigenvalue weighted by molar-refractivity contribution is -0.119. The molecule has 0 atom stereocenters. The molecule has 10 heteroatoms. The van der Waals surface area contributed by atoms with E-state index in [-0.39, 0.29) is 11.9 Å². The number of methoxy groups -OCH3 is 1. The Hall–Kier alpha value is -3.53. The topological polar surface area (TPSA) is 124 Å². The molecule has 158 valence electrons. The quantitative estimate of drug-likeness (QED) is 0.271. The number of aliphatic imine (C=N–C) groups is 1. The van der Waals surface area contributed by atoms with Crippen LogP contribution < -0.4 is 25.8 Å². The van der Waals surface area contributed by atoms with Crippen LogP contribution in [0.15, 0.2) is 51.2 Å². The second-order valence-corrected chi connectivity index (χ2v) is 6.95. The van der Waals surface area contributed by atoms with Gasteiger partial charge in [0.25, 0.3) is 0 Å². The predicted octanol–water partition coefficient (Wildman–Crippen LogP) is 2.66. The molecular formula is C20H23N5O4S. The maximum atomic E-state index is 11.0. The Morgan fingerprint density at radius 2 is 2.03 bits per heavy atom. The van der Waals surface area contributed by atoms with E-state index < -0.39 is 0 Å². The molecule has 1 aromatic carbocycles. The number of rotatable bonds is 9. The number of carbonyl (C=O) groups excluding carboxylic acids is 1. The van der Waals surface area contributed by atoms with Gasteiger partial charge in [0.05, 0.1) is 20.2 Å². The minimum Gasteiger partial charge on any atom is -0.493 e. The first-order valence-corrected chi connectivity index (χ1v) is 10.1. The molecule has 9 nitrogen and oxygen atoms in total. The standard InChI is InChI=1S/C20H23N5O4S/c1-13(26)23-11-14-7-8-16(29-14)15-12-30-20(24-15)25-19(21)22-9-10-28-18-6-4-3-5-17(18)27-2/h3-8,12H,9-11H2,1-2H3,(H,23,26)(H3,21,22,24,25). The number of hydrogen-bond donors (Lipinski definition) is 3. The van der Waals surface area contributed by atoms with Crippen molar-refractivity contribution in [1.29, 1.82) is 0 Å². The molecule has 0 radical (unpaired) electrons. The maximum absolute atomic E-state index is 11.0. The van der Waals surface area contributed by atoms with E-state index in [0.717, 1.165) is 0 Å². The highest BCUT2D eigenvalue weighted by Crippen LogP contribution is 2.28.